The molecule has 2 aromatic carbocycles. The third-order valence-electron chi connectivity index (χ3n) is 5.23. The van der Waals surface area contributed by atoms with Gasteiger partial charge in [0.05, 0.1) is 12.6 Å². The van der Waals surface area contributed by atoms with Crippen LogP contribution in [0.4, 0.5) is 0 Å². The number of hydrogen-bond donors (Lipinski definition) is 3. The molecule has 0 radical (unpaired) electrons. The van der Waals surface area contributed by atoms with Crippen LogP contribution in [0.2, 0.25) is 0 Å². The van der Waals surface area contributed by atoms with Crippen molar-refractivity contribution in [3.8, 4) is 0 Å². The van der Waals surface area contributed by atoms with Crippen LogP contribution in [-0.4, -0.2) is 32.4 Å². The lowest BCUT2D eigenvalue weighted by Gasteiger charge is -2.26. The van der Waals surface area contributed by atoms with E-state index in [2.05, 4.69) is 9.97 Å². The molecule has 1 heterocycles. The largest absolute Gasteiger partial charge is 0.387 e. The number of nitrogens with one attached hydrogen (secondary N) is 2. The third-order valence-corrected chi connectivity index (χ3v) is 5.23. The van der Waals surface area contributed by atoms with Gasteiger partial charge < -0.3 is 15.0 Å². The van der Waals surface area contributed by atoms with Crippen LogP contribution < -0.4 is 11.2 Å². The van der Waals surface area contributed by atoms with Crippen LogP contribution in [0.1, 0.15) is 40.5 Å². The van der Waals surface area contributed by atoms with E-state index in [1.165, 1.54) is 0 Å². The summed E-state index contributed by atoms with van der Waals surface area (Å²) in [5.41, 5.74) is 2.52. The third kappa shape index (κ3) is 6.02. The average molecular weight is 421 g/mol. The molecular formula is C24H27N3O4. The number of hydrogen-bond acceptors (Lipinski definition) is 4. The van der Waals surface area contributed by atoms with Crippen molar-refractivity contribution < 1.29 is 9.90 Å². The highest BCUT2D eigenvalue weighted by molar-refractivity contribution is 5.76. The molecule has 1 amide bonds. The number of aromatic amines is 2. The quantitative estimate of drug-likeness (QED) is 0.519. The molecule has 3 aromatic rings. The summed E-state index contributed by atoms with van der Waals surface area (Å²) in [5.74, 6) is -0.180. The van der Waals surface area contributed by atoms with Crippen LogP contribution in [0.5, 0.6) is 0 Å². The molecule has 0 bridgehead atoms. The molecule has 0 spiro atoms. The molecule has 0 saturated heterocycles. The summed E-state index contributed by atoms with van der Waals surface area (Å²) in [6, 6.07) is 17.1. The number of aromatic nitrogens is 2. The van der Waals surface area contributed by atoms with E-state index in [0.717, 1.165) is 16.7 Å². The zero-order valence-electron chi connectivity index (χ0n) is 17.7. The lowest BCUT2D eigenvalue weighted by molar-refractivity contribution is -0.133. The predicted molar refractivity (Wildman–Crippen MR) is 119 cm³/mol. The first-order valence-electron chi connectivity index (χ1n) is 10.2. The second kappa shape index (κ2) is 10.0. The van der Waals surface area contributed by atoms with Crippen molar-refractivity contribution >= 4 is 5.91 Å². The number of aryl methyl sites for hydroxylation is 2. The van der Waals surface area contributed by atoms with Gasteiger partial charge in [-0.1, -0.05) is 60.2 Å². The van der Waals surface area contributed by atoms with E-state index in [0.29, 0.717) is 17.8 Å². The molecule has 1 aromatic heterocycles. The minimum absolute atomic E-state index is 0.0866. The number of carbonyl (C=O) groups is 1. The fraction of sp³-hybridized carbons (Fsp3) is 0.292. The SMILES string of the molecule is Cc1cccc(C(O)CN(Cc2ccccc2)C(=O)CCc2c(C)[nH]c(=O)[nH]c2=O)c1. The number of H-pyrrole nitrogens is 2. The van der Waals surface area contributed by atoms with E-state index in [4.69, 9.17) is 0 Å². The van der Waals surface area contributed by atoms with Gasteiger partial charge in [0.25, 0.3) is 5.56 Å². The van der Waals surface area contributed by atoms with Crippen molar-refractivity contribution in [3.05, 3.63) is 103 Å². The van der Waals surface area contributed by atoms with Crippen molar-refractivity contribution in [2.24, 2.45) is 0 Å². The highest BCUT2D eigenvalue weighted by Crippen LogP contribution is 2.18. The normalized spacial score (nSPS) is 11.8. The van der Waals surface area contributed by atoms with Crippen molar-refractivity contribution in [1.82, 2.24) is 14.9 Å². The Labute approximate surface area is 180 Å². The van der Waals surface area contributed by atoms with Crippen LogP contribution in [0.3, 0.4) is 0 Å². The monoisotopic (exact) mass is 421 g/mol. The van der Waals surface area contributed by atoms with E-state index in [1.54, 1.807) is 11.8 Å². The highest BCUT2D eigenvalue weighted by Gasteiger charge is 2.20. The van der Waals surface area contributed by atoms with E-state index >= 15 is 0 Å². The molecular weight excluding hydrogens is 394 g/mol. The Kier molecular flexibility index (Phi) is 7.20. The summed E-state index contributed by atoms with van der Waals surface area (Å²) < 4.78 is 0. The minimum Gasteiger partial charge on any atom is -0.387 e. The van der Waals surface area contributed by atoms with E-state index in [1.807, 2.05) is 61.5 Å². The van der Waals surface area contributed by atoms with Gasteiger partial charge in [-0.15, -0.1) is 0 Å². The van der Waals surface area contributed by atoms with Gasteiger partial charge >= 0.3 is 5.69 Å². The molecule has 0 aliphatic heterocycles. The molecule has 0 aliphatic rings. The first kappa shape index (κ1) is 22.2. The summed E-state index contributed by atoms with van der Waals surface area (Å²) >= 11 is 0. The topological polar surface area (TPSA) is 106 Å². The number of benzene rings is 2. The first-order chi connectivity index (χ1) is 14.8. The molecule has 7 nitrogen and oxygen atoms in total. The maximum Gasteiger partial charge on any atom is 0.325 e. The Hall–Kier alpha value is -3.45. The van der Waals surface area contributed by atoms with E-state index in [9.17, 15) is 19.5 Å². The van der Waals surface area contributed by atoms with Gasteiger partial charge in [0, 0.05) is 24.2 Å². The Morgan fingerprint density at radius 1 is 1.03 bits per heavy atom. The van der Waals surface area contributed by atoms with Crippen LogP contribution in [0, 0.1) is 13.8 Å². The summed E-state index contributed by atoms with van der Waals surface area (Å²) in [6.07, 6.45) is -0.544. The Morgan fingerprint density at radius 3 is 2.45 bits per heavy atom. The maximum atomic E-state index is 13.1. The molecule has 7 heteroatoms. The van der Waals surface area contributed by atoms with Gasteiger partial charge in [-0.05, 0) is 31.4 Å². The van der Waals surface area contributed by atoms with Crippen molar-refractivity contribution in [2.45, 2.75) is 39.3 Å². The molecule has 3 N–H and O–H groups in total. The van der Waals surface area contributed by atoms with E-state index < -0.39 is 17.4 Å². The average Bonchev–Trinajstić information content (AvgIpc) is 2.73. The smallest absolute Gasteiger partial charge is 0.325 e. The minimum atomic E-state index is -0.828. The number of aliphatic hydroxyl groups excluding tert-OH is 1. The van der Waals surface area contributed by atoms with Gasteiger partial charge in [-0.2, -0.15) is 0 Å². The molecule has 162 valence electrons. The summed E-state index contributed by atoms with van der Waals surface area (Å²) in [6.45, 7) is 4.08. The van der Waals surface area contributed by atoms with Crippen molar-refractivity contribution in [3.63, 3.8) is 0 Å². The maximum absolute atomic E-state index is 13.1. The summed E-state index contributed by atoms with van der Waals surface area (Å²) in [4.78, 5) is 42.9. The second-order valence-corrected chi connectivity index (χ2v) is 7.70. The molecule has 31 heavy (non-hydrogen) atoms. The Morgan fingerprint density at radius 2 is 1.77 bits per heavy atom. The zero-order chi connectivity index (χ0) is 22.4. The molecule has 1 atom stereocenters. The van der Waals surface area contributed by atoms with Gasteiger partial charge in [-0.3, -0.25) is 14.6 Å². The number of rotatable bonds is 8. The predicted octanol–water partition coefficient (Wildman–Crippen LogP) is 2.38. The van der Waals surface area contributed by atoms with E-state index in [-0.39, 0.29) is 25.3 Å². The zero-order valence-corrected chi connectivity index (χ0v) is 17.7. The van der Waals surface area contributed by atoms with Crippen molar-refractivity contribution in [2.75, 3.05) is 6.54 Å². The Balaban J connectivity index is 1.77. The standard InChI is InChI=1S/C24H27N3O4/c1-16-7-6-10-19(13-16)21(28)15-27(14-18-8-4-3-5-9-18)22(29)12-11-20-17(2)25-24(31)26-23(20)30/h3-10,13,21,28H,11-12,14-15H2,1-2H3,(H2,25,26,30,31). The van der Waals surface area contributed by atoms with Crippen molar-refractivity contribution in [1.29, 1.82) is 0 Å². The number of amides is 1. The summed E-state index contributed by atoms with van der Waals surface area (Å²) in [7, 11) is 0. The second-order valence-electron chi connectivity index (χ2n) is 7.70. The Bertz CT molecular complexity index is 1150. The molecule has 1 unspecified atom stereocenters. The highest BCUT2D eigenvalue weighted by atomic mass is 16.3. The molecule has 0 aliphatic carbocycles. The van der Waals surface area contributed by atoms with Gasteiger partial charge in [-0.25, -0.2) is 4.79 Å². The number of aliphatic hydroxyl groups is 1. The fourth-order valence-corrected chi connectivity index (χ4v) is 3.57. The van der Waals surface area contributed by atoms with Gasteiger partial charge in [0.15, 0.2) is 0 Å². The lowest BCUT2D eigenvalue weighted by atomic mass is 10.0. The molecule has 0 saturated carbocycles. The number of nitrogens with zero attached hydrogens (tertiary/aromatic N) is 1. The van der Waals surface area contributed by atoms with Gasteiger partial charge in [0.1, 0.15) is 0 Å². The van der Waals surface area contributed by atoms with Gasteiger partial charge in [0.2, 0.25) is 5.91 Å². The van der Waals surface area contributed by atoms with Crippen LogP contribution in [0.15, 0.2) is 64.2 Å². The lowest BCUT2D eigenvalue weighted by Crippen LogP contribution is -2.35. The molecule has 3 rings (SSSR count). The number of carbonyl (C=O) groups excluding carboxylic acids is 1. The van der Waals surface area contributed by atoms with Crippen LogP contribution in [-0.2, 0) is 17.8 Å². The molecule has 0 fully saturated rings. The van der Waals surface area contributed by atoms with Crippen LogP contribution >= 0.6 is 0 Å². The summed E-state index contributed by atoms with van der Waals surface area (Å²) in [5, 5.41) is 10.8. The van der Waals surface area contributed by atoms with Crippen LogP contribution in [0.25, 0.3) is 0 Å². The fourth-order valence-electron chi connectivity index (χ4n) is 3.57. The first-order valence-corrected chi connectivity index (χ1v) is 10.2.